The van der Waals surface area contributed by atoms with Gasteiger partial charge in [0.25, 0.3) is 5.91 Å². The highest BCUT2D eigenvalue weighted by Crippen LogP contribution is 2.37. The topological polar surface area (TPSA) is 94.2 Å². The molecule has 9 heteroatoms. The number of carbonyl (C=O) groups excluding carboxylic acids is 3. The third kappa shape index (κ3) is 5.62. The van der Waals surface area contributed by atoms with Gasteiger partial charge in [-0.05, 0) is 37.6 Å². The molecule has 0 radical (unpaired) electrons. The van der Waals surface area contributed by atoms with Gasteiger partial charge in [0, 0.05) is 19.2 Å². The number of benzene rings is 1. The van der Waals surface area contributed by atoms with Crippen LogP contribution in [0.1, 0.15) is 19.4 Å². The number of nitrogens with zero attached hydrogens (tertiary/aromatic N) is 1. The molecule has 2 rings (SSSR count). The average Bonchev–Trinajstić information content (AvgIpc) is 3.05. The van der Waals surface area contributed by atoms with Gasteiger partial charge in [0.05, 0.1) is 18.2 Å². The van der Waals surface area contributed by atoms with Crippen molar-refractivity contribution in [1.82, 2.24) is 10.2 Å². The number of rotatable bonds is 7. The number of esters is 1. The third-order valence-electron chi connectivity index (χ3n) is 3.51. The average molecular weight is 397 g/mol. The molecule has 0 aliphatic carbocycles. The Morgan fingerprint density at radius 2 is 2.11 bits per heavy atom. The van der Waals surface area contributed by atoms with Gasteiger partial charge in [-0.15, -0.1) is 0 Å². The highest BCUT2D eigenvalue weighted by molar-refractivity contribution is 6.32. The molecule has 1 aromatic rings. The lowest BCUT2D eigenvalue weighted by atomic mass is 10.2. The fourth-order valence-corrected chi connectivity index (χ4v) is 2.58. The summed E-state index contributed by atoms with van der Waals surface area (Å²) in [5.41, 5.74) is 0.593. The Labute approximate surface area is 162 Å². The second kappa shape index (κ2) is 9.27. The first-order chi connectivity index (χ1) is 12.8. The van der Waals surface area contributed by atoms with Gasteiger partial charge in [0.1, 0.15) is 0 Å². The number of hydrogen-bond donors (Lipinski definition) is 1. The van der Waals surface area contributed by atoms with Crippen LogP contribution < -0.4 is 14.8 Å². The Hall–Kier alpha value is -2.74. The number of amides is 3. The highest BCUT2D eigenvalue weighted by atomic mass is 35.5. The van der Waals surface area contributed by atoms with Crippen molar-refractivity contribution in [1.29, 1.82) is 0 Å². The highest BCUT2D eigenvalue weighted by Gasteiger charge is 2.26. The first kappa shape index (κ1) is 20.6. The van der Waals surface area contributed by atoms with Crippen LogP contribution in [0.5, 0.6) is 11.5 Å². The first-order valence-electron chi connectivity index (χ1n) is 8.29. The number of nitrogens with one attached hydrogen (secondary N) is 1. The van der Waals surface area contributed by atoms with Crippen LogP contribution in [0, 0.1) is 0 Å². The Morgan fingerprint density at radius 3 is 2.70 bits per heavy atom. The number of methoxy groups -OCH3 is 1. The lowest BCUT2D eigenvalue weighted by molar-refractivity contribution is -0.146. The van der Waals surface area contributed by atoms with Crippen molar-refractivity contribution in [2.24, 2.45) is 0 Å². The van der Waals surface area contributed by atoms with Crippen LogP contribution in [0.15, 0.2) is 18.2 Å². The minimum atomic E-state index is -0.722. The normalized spacial score (nSPS) is 13.8. The number of urea groups is 1. The molecule has 0 saturated carbocycles. The van der Waals surface area contributed by atoms with Crippen LogP contribution in [0.2, 0.25) is 5.02 Å². The fraction of sp³-hybridized carbons (Fsp3) is 0.389. The number of halogens is 1. The van der Waals surface area contributed by atoms with E-state index >= 15 is 0 Å². The van der Waals surface area contributed by atoms with Crippen molar-refractivity contribution in [2.75, 3.05) is 26.8 Å². The molecular formula is C18H21ClN2O6. The van der Waals surface area contributed by atoms with Gasteiger partial charge in [-0.3, -0.25) is 9.69 Å². The van der Waals surface area contributed by atoms with E-state index in [0.29, 0.717) is 28.6 Å². The van der Waals surface area contributed by atoms with E-state index in [2.05, 4.69) is 5.32 Å². The standard InChI is InChI=1S/C18H21ClN2O6/c1-11(2)27-17-13(19)8-12(9-14(17)25-3)4-5-16(23)26-10-15(22)21-7-6-20-18(21)24/h4-5,8-9,11H,6-7,10H2,1-3H3,(H,20,24)/b5-4+. The van der Waals surface area contributed by atoms with Gasteiger partial charge in [-0.25, -0.2) is 9.59 Å². The molecule has 1 aliphatic heterocycles. The summed E-state index contributed by atoms with van der Waals surface area (Å²) < 4.78 is 15.8. The molecule has 1 fully saturated rings. The largest absolute Gasteiger partial charge is 0.493 e. The van der Waals surface area contributed by atoms with E-state index in [1.807, 2.05) is 13.8 Å². The number of imide groups is 1. The Morgan fingerprint density at radius 1 is 1.37 bits per heavy atom. The quantitative estimate of drug-likeness (QED) is 0.561. The van der Waals surface area contributed by atoms with E-state index < -0.39 is 24.5 Å². The second-order valence-electron chi connectivity index (χ2n) is 5.92. The maximum atomic E-state index is 11.8. The predicted molar refractivity (Wildman–Crippen MR) is 98.9 cm³/mol. The molecule has 1 aromatic carbocycles. The lowest BCUT2D eigenvalue weighted by Gasteiger charge is -2.15. The molecule has 0 spiro atoms. The summed E-state index contributed by atoms with van der Waals surface area (Å²) in [6.45, 7) is 3.87. The minimum Gasteiger partial charge on any atom is -0.493 e. The first-order valence-corrected chi connectivity index (χ1v) is 8.66. The van der Waals surface area contributed by atoms with E-state index in [1.165, 1.54) is 13.2 Å². The van der Waals surface area contributed by atoms with Gasteiger partial charge in [0.15, 0.2) is 18.1 Å². The van der Waals surface area contributed by atoms with Crippen LogP contribution in [0.4, 0.5) is 4.79 Å². The van der Waals surface area contributed by atoms with E-state index in [4.69, 9.17) is 25.8 Å². The summed E-state index contributed by atoms with van der Waals surface area (Å²) in [6.07, 6.45) is 2.55. The van der Waals surface area contributed by atoms with Gasteiger partial charge >= 0.3 is 12.0 Å². The summed E-state index contributed by atoms with van der Waals surface area (Å²) in [6, 6.07) is 2.79. The predicted octanol–water partition coefficient (Wildman–Crippen LogP) is 2.24. The Bertz CT molecular complexity index is 762. The third-order valence-corrected chi connectivity index (χ3v) is 3.79. The minimum absolute atomic E-state index is 0.0806. The SMILES string of the molecule is COc1cc(/C=C/C(=O)OCC(=O)N2CCNC2=O)cc(Cl)c1OC(C)C. The number of ether oxygens (including phenoxy) is 3. The molecule has 1 N–H and O–H groups in total. The van der Waals surface area contributed by atoms with Crippen molar-refractivity contribution in [3.05, 3.63) is 28.8 Å². The number of carbonyl (C=O) groups is 3. The molecule has 1 aliphatic rings. The van der Waals surface area contributed by atoms with E-state index in [-0.39, 0.29) is 12.6 Å². The molecule has 0 atom stereocenters. The van der Waals surface area contributed by atoms with Crippen molar-refractivity contribution in [2.45, 2.75) is 20.0 Å². The van der Waals surface area contributed by atoms with Crippen molar-refractivity contribution in [3.8, 4) is 11.5 Å². The molecule has 0 unspecified atom stereocenters. The molecule has 1 saturated heterocycles. The summed E-state index contributed by atoms with van der Waals surface area (Å²) in [5, 5.41) is 2.83. The molecule has 0 bridgehead atoms. The Balaban J connectivity index is 1.98. The van der Waals surface area contributed by atoms with Gasteiger partial charge in [0.2, 0.25) is 0 Å². The summed E-state index contributed by atoms with van der Waals surface area (Å²) in [4.78, 5) is 36.0. The molecular weight excluding hydrogens is 376 g/mol. The van der Waals surface area contributed by atoms with Crippen LogP contribution >= 0.6 is 11.6 Å². The maximum absolute atomic E-state index is 11.8. The molecule has 27 heavy (non-hydrogen) atoms. The monoisotopic (exact) mass is 396 g/mol. The summed E-state index contributed by atoms with van der Waals surface area (Å²) in [5.74, 6) is -0.449. The van der Waals surface area contributed by atoms with Gasteiger partial charge in [-0.1, -0.05) is 11.6 Å². The van der Waals surface area contributed by atoms with Gasteiger partial charge < -0.3 is 19.5 Å². The van der Waals surface area contributed by atoms with Crippen LogP contribution in [-0.2, 0) is 14.3 Å². The van der Waals surface area contributed by atoms with E-state index in [1.54, 1.807) is 12.1 Å². The summed E-state index contributed by atoms with van der Waals surface area (Å²) in [7, 11) is 1.49. The van der Waals surface area contributed by atoms with Crippen LogP contribution in [0.3, 0.4) is 0 Å². The van der Waals surface area contributed by atoms with E-state index in [0.717, 1.165) is 11.0 Å². The van der Waals surface area contributed by atoms with Crippen LogP contribution in [-0.4, -0.2) is 55.7 Å². The fourth-order valence-electron chi connectivity index (χ4n) is 2.32. The maximum Gasteiger partial charge on any atom is 0.331 e. The zero-order valence-corrected chi connectivity index (χ0v) is 16.0. The van der Waals surface area contributed by atoms with Crippen LogP contribution in [0.25, 0.3) is 6.08 Å². The molecule has 1 heterocycles. The van der Waals surface area contributed by atoms with Crippen molar-refractivity contribution < 1.29 is 28.6 Å². The molecule has 8 nitrogen and oxygen atoms in total. The molecule has 3 amide bonds. The molecule has 146 valence electrons. The molecule has 0 aromatic heterocycles. The Kier molecular flexibility index (Phi) is 7.06. The van der Waals surface area contributed by atoms with Crippen molar-refractivity contribution >= 4 is 35.6 Å². The summed E-state index contributed by atoms with van der Waals surface area (Å²) >= 11 is 6.22. The lowest BCUT2D eigenvalue weighted by Crippen LogP contribution is -2.37. The second-order valence-corrected chi connectivity index (χ2v) is 6.33. The van der Waals surface area contributed by atoms with Gasteiger partial charge in [-0.2, -0.15) is 0 Å². The zero-order valence-electron chi connectivity index (χ0n) is 15.3. The zero-order chi connectivity index (χ0) is 20.0. The van der Waals surface area contributed by atoms with Crippen molar-refractivity contribution in [3.63, 3.8) is 0 Å². The number of hydrogen-bond acceptors (Lipinski definition) is 6. The van der Waals surface area contributed by atoms with E-state index in [9.17, 15) is 14.4 Å². The smallest absolute Gasteiger partial charge is 0.331 e.